The lowest BCUT2D eigenvalue weighted by atomic mass is 10.2. The second kappa shape index (κ2) is 6.66. The van der Waals surface area contributed by atoms with E-state index in [1.165, 1.54) is 4.90 Å². The predicted molar refractivity (Wildman–Crippen MR) is 83.6 cm³/mol. The van der Waals surface area contributed by atoms with Crippen LogP contribution in [-0.2, 0) is 14.6 Å². The van der Waals surface area contributed by atoms with Crippen LogP contribution < -0.4 is 5.32 Å². The molecule has 2 rings (SSSR count). The van der Waals surface area contributed by atoms with Gasteiger partial charge in [-0.1, -0.05) is 23.7 Å². The molecule has 0 aromatic heterocycles. The summed E-state index contributed by atoms with van der Waals surface area (Å²) >= 11 is 5.94. The molecule has 120 valence electrons. The molecule has 8 heteroatoms. The number of sulfone groups is 1. The van der Waals surface area contributed by atoms with Crippen molar-refractivity contribution in [3.8, 4) is 0 Å². The molecule has 22 heavy (non-hydrogen) atoms. The van der Waals surface area contributed by atoms with Crippen LogP contribution in [-0.4, -0.2) is 55.8 Å². The molecule has 1 fully saturated rings. The van der Waals surface area contributed by atoms with Crippen molar-refractivity contribution in [3.63, 3.8) is 0 Å². The van der Waals surface area contributed by atoms with Crippen molar-refractivity contribution in [2.45, 2.75) is 13.0 Å². The maximum absolute atomic E-state index is 12.2. The number of benzene rings is 1. The number of carbonyl (C=O) groups is 2. The predicted octanol–water partition coefficient (Wildman–Crippen LogP) is 0.715. The Kier molecular flexibility index (Phi) is 5.08. The summed E-state index contributed by atoms with van der Waals surface area (Å²) in [5, 5.41) is 2.90. The Morgan fingerprint density at radius 3 is 2.41 bits per heavy atom. The molecule has 1 aromatic rings. The molecule has 0 radical (unpaired) electrons. The highest BCUT2D eigenvalue weighted by molar-refractivity contribution is 7.91. The van der Waals surface area contributed by atoms with Crippen LogP contribution in [0.1, 0.15) is 17.3 Å². The Morgan fingerprint density at radius 2 is 1.82 bits per heavy atom. The molecule has 6 nitrogen and oxygen atoms in total. The SMILES string of the molecule is CC(NC(=O)c1ccccc1Cl)C(=O)N1CCS(=O)(=O)CC1. The van der Waals surface area contributed by atoms with Gasteiger partial charge in [-0.25, -0.2) is 8.42 Å². The number of halogens is 1. The Morgan fingerprint density at radius 1 is 1.23 bits per heavy atom. The molecule has 1 heterocycles. The maximum atomic E-state index is 12.2. The molecule has 1 aliphatic heterocycles. The van der Waals surface area contributed by atoms with Crippen molar-refractivity contribution in [2.24, 2.45) is 0 Å². The molecule has 0 aliphatic carbocycles. The van der Waals surface area contributed by atoms with Crippen molar-refractivity contribution in [2.75, 3.05) is 24.6 Å². The summed E-state index contributed by atoms with van der Waals surface area (Å²) in [6, 6.07) is 5.82. The van der Waals surface area contributed by atoms with Crippen LogP contribution in [0.25, 0.3) is 0 Å². The van der Waals surface area contributed by atoms with Gasteiger partial charge in [-0.3, -0.25) is 9.59 Å². The average molecular weight is 345 g/mol. The lowest BCUT2D eigenvalue weighted by Gasteiger charge is -2.29. The van der Waals surface area contributed by atoms with Crippen LogP contribution in [0.5, 0.6) is 0 Å². The van der Waals surface area contributed by atoms with Gasteiger partial charge in [-0.15, -0.1) is 0 Å². The van der Waals surface area contributed by atoms with Gasteiger partial charge in [0, 0.05) is 13.1 Å². The molecular weight excluding hydrogens is 328 g/mol. The molecule has 1 saturated heterocycles. The molecule has 1 unspecified atom stereocenters. The Balaban J connectivity index is 1.97. The summed E-state index contributed by atoms with van der Waals surface area (Å²) in [6.07, 6.45) is 0. The molecular formula is C14H17ClN2O4S. The van der Waals surface area contributed by atoms with Crippen LogP contribution in [0, 0.1) is 0 Å². The quantitative estimate of drug-likeness (QED) is 0.875. The monoisotopic (exact) mass is 344 g/mol. The van der Waals surface area contributed by atoms with Crippen molar-refractivity contribution >= 4 is 33.3 Å². The van der Waals surface area contributed by atoms with Crippen molar-refractivity contribution in [1.82, 2.24) is 10.2 Å². The number of nitrogens with one attached hydrogen (secondary N) is 1. The van der Waals surface area contributed by atoms with Gasteiger partial charge in [0.1, 0.15) is 6.04 Å². The van der Waals surface area contributed by atoms with E-state index in [1.54, 1.807) is 31.2 Å². The molecule has 0 bridgehead atoms. The number of rotatable bonds is 3. The first kappa shape index (κ1) is 16.8. The van der Waals surface area contributed by atoms with E-state index in [0.29, 0.717) is 10.6 Å². The van der Waals surface area contributed by atoms with E-state index in [9.17, 15) is 18.0 Å². The minimum absolute atomic E-state index is 0.0378. The summed E-state index contributed by atoms with van der Waals surface area (Å²) < 4.78 is 22.7. The zero-order chi connectivity index (χ0) is 16.3. The van der Waals surface area contributed by atoms with Gasteiger partial charge in [-0.05, 0) is 19.1 Å². The van der Waals surface area contributed by atoms with Crippen LogP contribution in [0.3, 0.4) is 0 Å². The van der Waals surface area contributed by atoms with Gasteiger partial charge in [0.05, 0.1) is 22.1 Å². The molecule has 1 aliphatic rings. The highest BCUT2D eigenvalue weighted by Gasteiger charge is 2.28. The van der Waals surface area contributed by atoms with Gasteiger partial charge in [0.25, 0.3) is 5.91 Å². The van der Waals surface area contributed by atoms with Gasteiger partial charge in [-0.2, -0.15) is 0 Å². The molecule has 1 atom stereocenters. The third-order valence-electron chi connectivity index (χ3n) is 3.49. The minimum Gasteiger partial charge on any atom is -0.340 e. The molecule has 0 spiro atoms. The maximum Gasteiger partial charge on any atom is 0.253 e. The second-order valence-electron chi connectivity index (χ2n) is 5.15. The fourth-order valence-electron chi connectivity index (χ4n) is 2.19. The topological polar surface area (TPSA) is 83.6 Å². The van der Waals surface area contributed by atoms with Gasteiger partial charge in [0.2, 0.25) is 5.91 Å². The van der Waals surface area contributed by atoms with Gasteiger partial charge in [0.15, 0.2) is 9.84 Å². The highest BCUT2D eigenvalue weighted by Crippen LogP contribution is 2.15. The molecule has 0 saturated carbocycles. The number of hydrogen-bond acceptors (Lipinski definition) is 4. The summed E-state index contributed by atoms with van der Waals surface area (Å²) in [6.45, 7) is 1.89. The molecule has 1 aromatic carbocycles. The fraction of sp³-hybridized carbons (Fsp3) is 0.429. The largest absolute Gasteiger partial charge is 0.340 e. The van der Waals surface area contributed by atoms with E-state index < -0.39 is 21.8 Å². The first-order valence-corrected chi connectivity index (χ1v) is 9.05. The summed E-state index contributed by atoms with van der Waals surface area (Å²) in [4.78, 5) is 25.8. The Labute approximate surface area is 134 Å². The highest BCUT2D eigenvalue weighted by atomic mass is 35.5. The lowest BCUT2D eigenvalue weighted by Crippen LogP contribution is -2.51. The standard InChI is InChI=1S/C14H17ClN2O4S/c1-10(14(19)17-6-8-22(20,21)9-7-17)16-13(18)11-4-2-3-5-12(11)15/h2-5,10H,6-9H2,1H3,(H,16,18). The summed E-state index contributed by atoms with van der Waals surface area (Å²) in [7, 11) is -3.05. The first-order chi connectivity index (χ1) is 10.3. The second-order valence-corrected chi connectivity index (χ2v) is 7.86. The molecule has 2 amide bonds. The number of amides is 2. The Bertz CT molecular complexity index is 676. The van der Waals surface area contributed by atoms with Gasteiger partial charge >= 0.3 is 0 Å². The Hall–Kier alpha value is -1.60. The van der Waals surface area contributed by atoms with E-state index in [1.807, 2.05) is 0 Å². The minimum atomic E-state index is -3.05. The van der Waals surface area contributed by atoms with Crippen molar-refractivity contribution < 1.29 is 18.0 Å². The fourth-order valence-corrected chi connectivity index (χ4v) is 3.61. The van der Waals surface area contributed by atoms with Crippen LogP contribution in [0.15, 0.2) is 24.3 Å². The average Bonchev–Trinajstić information content (AvgIpc) is 2.46. The van der Waals surface area contributed by atoms with E-state index >= 15 is 0 Å². The van der Waals surface area contributed by atoms with Crippen LogP contribution >= 0.6 is 11.6 Å². The zero-order valence-electron chi connectivity index (χ0n) is 12.1. The van der Waals surface area contributed by atoms with E-state index in [4.69, 9.17) is 11.6 Å². The molecule has 1 N–H and O–H groups in total. The summed E-state index contributed by atoms with van der Waals surface area (Å²) in [5.74, 6) is -0.806. The van der Waals surface area contributed by atoms with E-state index in [-0.39, 0.29) is 30.5 Å². The smallest absolute Gasteiger partial charge is 0.253 e. The first-order valence-electron chi connectivity index (χ1n) is 6.85. The normalized spacial score (nSPS) is 18.5. The number of nitrogens with zero attached hydrogens (tertiary/aromatic N) is 1. The third kappa shape index (κ3) is 3.98. The van der Waals surface area contributed by atoms with Crippen molar-refractivity contribution in [1.29, 1.82) is 0 Å². The van der Waals surface area contributed by atoms with Gasteiger partial charge < -0.3 is 10.2 Å². The van der Waals surface area contributed by atoms with Crippen molar-refractivity contribution in [3.05, 3.63) is 34.9 Å². The van der Waals surface area contributed by atoms with Crippen LogP contribution in [0.4, 0.5) is 0 Å². The zero-order valence-corrected chi connectivity index (χ0v) is 13.7. The lowest BCUT2D eigenvalue weighted by molar-refractivity contribution is -0.132. The number of hydrogen-bond donors (Lipinski definition) is 1. The summed E-state index contributed by atoms with van der Waals surface area (Å²) in [5.41, 5.74) is 0.296. The van der Waals surface area contributed by atoms with E-state index in [2.05, 4.69) is 5.32 Å². The van der Waals surface area contributed by atoms with Crippen LogP contribution in [0.2, 0.25) is 5.02 Å². The number of carbonyl (C=O) groups excluding carboxylic acids is 2. The van der Waals surface area contributed by atoms with E-state index in [0.717, 1.165) is 0 Å². The third-order valence-corrected chi connectivity index (χ3v) is 5.43.